The van der Waals surface area contributed by atoms with E-state index < -0.39 is 67.5 Å². The Bertz CT molecular complexity index is 503. The molecule has 0 aliphatic heterocycles. The summed E-state index contributed by atoms with van der Waals surface area (Å²) in [6.07, 6.45) is 0. The number of hydrogen-bond donors (Lipinski definition) is 0. The number of hydrogen-bond acceptors (Lipinski definition) is 3. The van der Waals surface area contributed by atoms with Crippen molar-refractivity contribution < 1.29 is 13.0 Å². The summed E-state index contributed by atoms with van der Waals surface area (Å²) in [6, 6.07) is 0. The van der Waals surface area contributed by atoms with Crippen LogP contribution in [0, 0.1) is 0 Å². The minimum atomic E-state index is -2.51. The van der Waals surface area contributed by atoms with Crippen LogP contribution >= 0.6 is 8.25 Å². The summed E-state index contributed by atoms with van der Waals surface area (Å²) in [6.45, 7) is 40.5. The highest BCUT2D eigenvalue weighted by Crippen LogP contribution is 2.49. The Kier molecular flexibility index (Phi) is 9.73. The van der Waals surface area contributed by atoms with E-state index in [1.54, 1.807) is 0 Å². The SMILES string of the molecule is C[Si](C)(C)[Si](O[PH](=O)O[Si]([Si](C)(C)C)([Si](C)(C)C)[Si](C)(C)C)([Si](C)(C)C)[Si](C)(C)C. The lowest BCUT2D eigenvalue weighted by atomic mass is 11.8. The third-order valence-electron chi connectivity index (χ3n) is 6.81. The molecule has 0 aromatic heterocycles. The van der Waals surface area contributed by atoms with Gasteiger partial charge in [-0.25, -0.2) is 0 Å². The molecule has 0 atom stereocenters. The van der Waals surface area contributed by atoms with E-state index in [-0.39, 0.29) is 0 Å². The monoisotopic (exact) mass is 574 g/mol. The van der Waals surface area contributed by atoms with Crippen LogP contribution in [-0.2, 0) is 13.0 Å². The highest BCUT2D eigenvalue weighted by atomic mass is 31.1. The Morgan fingerprint density at radius 1 is 0.367 bits per heavy atom. The van der Waals surface area contributed by atoms with Crippen molar-refractivity contribution in [2.45, 2.75) is 118 Å². The standard InChI is InChI=1S/C18H55O3PSi8/c1-23(2,3)29(24(4,5)6,25(7,8)9)20-22(19)21-30(26(10,11)12,27(13,14)15)28(16,17)18/h22H,1-18H3. The molecule has 0 aliphatic rings. The van der Waals surface area contributed by atoms with E-state index in [1.165, 1.54) is 0 Å². The first-order chi connectivity index (χ1) is 12.6. The molecule has 0 amide bonds. The summed E-state index contributed by atoms with van der Waals surface area (Å²) in [5, 5.41) is 0. The molecular formula is C18H55O3PSi8. The summed E-state index contributed by atoms with van der Waals surface area (Å²) in [4.78, 5) is 0. The molecule has 0 bridgehead atoms. The molecule has 0 heterocycles. The van der Waals surface area contributed by atoms with Crippen molar-refractivity contribution in [1.82, 2.24) is 0 Å². The van der Waals surface area contributed by atoms with Gasteiger partial charge in [-0.3, -0.25) is 4.57 Å². The van der Waals surface area contributed by atoms with Gasteiger partial charge >= 0.3 is 0 Å². The van der Waals surface area contributed by atoms with Crippen LogP contribution in [0.3, 0.4) is 0 Å². The fourth-order valence-electron chi connectivity index (χ4n) is 7.94. The third kappa shape index (κ3) is 5.74. The second-order valence-corrected chi connectivity index (χ2v) is 95.8. The third-order valence-corrected chi connectivity index (χ3v) is 148. The minimum absolute atomic E-state index is 1.65. The summed E-state index contributed by atoms with van der Waals surface area (Å²) < 4.78 is 28.3. The highest BCUT2D eigenvalue weighted by molar-refractivity contribution is 7.91. The van der Waals surface area contributed by atoms with E-state index in [1.807, 2.05) is 0 Å². The maximum atomic E-state index is 14.1. The van der Waals surface area contributed by atoms with Gasteiger partial charge in [-0.1, -0.05) is 118 Å². The fourth-order valence-corrected chi connectivity index (χ4v) is 214. The Morgan fingerprint density at radius 2 is 0.500 bits per heavy atom. The van der Waals surface area contributed by atoms with Gasteiger partial charge in [0, 0.05) is 0 Å². The normalized spacial score (nSPS) is 16.4. The van der Waals surface area contributed by atoms with Gasteiger partial charge in [-0.05, 0) is 0 Å². The van der Waals surface area contributed by atoms with Crippen LogP contribution < -0.4 is 0 Å². The van der Waals surface area contributed by atoms with Gasteiger partial charge < -0.3 is 8.43 Å². The van der Waals surface area contributed by atoms with Gasteiger partial charge in [-0.2, -0.15) is 0 Å². The topological polar surface area (TPSA) is 35.5 Å². The first kappa shape index (κ1) is 31.9. The molecule has 3 nitrogen and oxygen atoms in total. The molecule has 0 unspecified atom stereocenters. The van der Waals surface area contributed by atoms with E-state index in [9.17, 15) is 4.57 Å². The van der Waals surface area contributed by atoms with E-state index in [4.69, 9.17) is 8.43 Å². The summed E-state index contributed by atoms with van der Waals surface area (Å²) >= 11 is 0. The second-order valence-electron chi connectivity index (χ2n) is 15.3. The van der Waals surface area contributed by atoms with Crippen molar-refractivity contribution in [1.29, 1.82) is 0 Å². The average Bonchev–Trinajstić information content (AvgIpc) is 2.33. The lowest BCUT2D eigenvalue weighted by Crippen LogP contribution is -2.85. The summed E-state index contributed by atoms with van der Waals surface area (Å²) in [5.74, 6) is 0. The molecule has 0 aromatic carbocycles. The fraction of sp³-hybridized carbons (Fsp3) is 1.00. The van der Waals surface area contributed by atoms with Gasteiger partial charge in [0.1, 0.15) is 0 Å². The predicted octanol–water partition coefficient (Wildman–Crippen LogP) is 7.80. The Morgan fingerprint density at radius 3 is 0.600 bits per heavy atom. The van der Waals surface area contributed by atoms with Crippen LogP contribution in [0.15, 0.2) is 0 Å². The molecule has 0 spiro atoms. The Balaban J connectivity index is 6.78. The lowest BCUT2D eigenvalue weighted by molar-refractivity contribution is 0.429. The Hall–Kier alpha value is 1.89. The molecule has 0 saturated heterocycles. The smallest absolute Gasteiger partial charge is 0.298 e. The van der Waals surface area contributed by atoms with Gasteiger partial charge in [-0.15, -0.1) is 0 Å². The molecule has 0 aliphatic carbocycles. The second kappa shape index (κ2) is 9.16. The molecule has 12 heteroatoms. The average molecular weight is 575 g/mol. The molecule has 0 saturated carbocycles. The molecule has 0 rings (SSSR count). The maximum Gasteiger partial charge on any atom is 0.298 e. The van der Waals surface area contributed by atoms with E-state index in [2.05, 4.69) is 118 Å². The Labute approximate surface area is 197 Å². The van der Waals surface area contributed by atoms with Crippen molar-refractivity contribution in [3.8, 4) is 0 Å². The summed E-state index contributed by atoms with van der Waals surface area (Å²) in [7, 11) is -12.4. The van der Waals surface area contributed by atoms with Gasteiger partial charge in [0.15, 0.2) is 13.7 Å². The quantitative estimate of drug-likeness (QED) is 0.197. The van der Waals surface area contributed by atoms with Gasteiger partial charge in [0.2, 0.25) is 0 Å². The largest absolute Gasteiger partial charge is 0.363 e. The molecule has 30 heavy (non-hydrogen) atoms. The maximum absolute atomic E-state index is 14.1. The van der Waals surface area contributed by atoms with Crippen LogP contribution in [0.25, 0.3) is 0 Å². The van der Waals surface area contributed by atoms with Gasteiger partial charge in [0.05, 0.1) is 45.5 Å². The minimum Gasteiger partial charge on any atom is -0.363 e. The number of rotatable bonds is 10. The van der Waals surface area contributed by atoms with Crippen molar-refractivity contribution in [3.05, 3.63) is 0 Å². The van der Waals surface area contributed by atoms with Crippen LogP contribution in [-0.4, -0.2) is 59.3 Å². The van der Waals surface area contributed by atoms with E-state index in [0.29, 0.717) is 0 Å². The van der Waals surface area contributed by atoms with Gasteiger partial charge in [0.25, 0.3) is 8.25 Å². The highest BCUT2D eigenvalue weighted by Gasteiger charge is 2.67. The van der Waals surface area contributed by atoms with Crippen LogP contribution in [0.1, 0.15) is 0 Å². The lowest BCUT2D eigenvalue weighted by Gasteiger charge is -2.58. The predicted molar refractivity (Wildman–Crippen MR) is 163 cm³/mol. The first-order valence-electron chi connectivity index (χ1n) is 11.5. The molecular weight excluding hydrogens is 520 g/mol. The van der Waals surface area contributed by atoms with Crippen LogP contribution in [0.5, 0.6) is 0 Å². The zero-order valence-electron chi connectivity index (χ0n) is 23.7. The zero-order valence-corrected chi connectivity index (χ0v) is 32.7. The first-order valence-corrected chi connectivity index (χ1v) is 43.6. The van der Waals surface area contributed by atoms with Crippen molar-refractivity contribution in [3.63, 3.8) is 0 Å². The molecule has 0 aromatic rings. The summed E-state index contributed by atoms with van der Waals surface area (Å²) in [5.41, 5.74) is 0. The van der Waals surface area contributed by atoms with Crippen LogP contribution in [0.4, 0.5) is 0 Å². The zero-order chi connectivity index (χ0) is 25.0. The van der Waals surface area contributed by atoms with E-state index in [0.717, 1.165) is 0 Å². The van der Waals surface area contributed by atoms with Crippen molar-refractivity contribution >= 4 is 67.5 Å². The van der Waals surface area contributed by atoms with Crippen molar-refractivity contribution in [2.24, 2.45) is 0 Å². The molecule has 0 fully saturated rings. The van der Waals surface area contributed by atoms with Crippen LogP contribution in [0.2, 0.25) is 118 Å². The molecule has 0 N–H and O–H groups in total. The van der Waals surface area contributed by atoms with E-state index >= 15 is 0 Å². The van der Waals surface area contributed by atoms with Crippen molar-refractivity contribution in [2.75, 3.05) is 0 Å². The molecule has 182 valence electrons. The molecule has 0 radical (unpaired) electrons.